The van der Waals surface area contributed by atoms with E-state index in [0.717, 1.165) is 43.9 Å². The molecule has 2 aromatic carbocycles. The number of rotatable bonds is 10. The van der Waals surface area contributed by atoms with Crippen molar-refractivity contribution in [3.63, 3.8) is 0 Å². The molecule has 1 aliphatic heterocycles. The smallest absolute Gasteiger partial charge is 0.234 e. The number of anilines is 1. The largest absolute Gasteiger partial charge is 0.493 e. The van der Waals surface area contributed by atoms with E-state index in [-0.39, 0.29) is 11.9 Å². The van der Waals surface area contributed by atoms with Gasteiger partial charge in [-0.2, -0.15) is 0 Å². The molecule has 1 N–H and O–H groups in total. The summed E-state index contributed by atoms with van der Waals surface area (Å²) in [7, 11) is 5.37. The van der Waals surface area contributed by atoms with E-state index >= 15 is 0 Å². The summed E-state index contributed by atoms with van der Waals surface area (Å²) < 4.78 is 10.8. The summed E-state index contributed by atoms with van der Waals surface area (Å²) in [5.74, 6) is 1.54. The second kappa shape index (κ2) is 10.9. The van der Waals surface area contributed by atoms with Gasteiger partial charge in [0, 0.05) is 31.9 Å². The van der Waals surface area contributed by atoms with Gasteiger partial charge < -0.3 is 19.7 Å². The first kappa shape index (κ1) is 22.0. The highest BCUT2D eigenvalue weighted by Crippen LogP contribution is 2.36. The Morgan fingerprint density at radius 1 is 1.13 bits per heavy atom. The number of hydrogen-bond donors (Lipinski definition) is 1. The molecule has 1 unspecified atom stereocenters. The molecule has 2 aromatic rings. The highest BCUT2D eigenvalue weighted by atomic mass is 16.5. The van der Waals surface area contributed by atoms with Gasteiger partial charge in [0.05, 0.1) is 20.8 Å². The highest BCUT2D eigenvalue weighted by molar-refractivity contribution is 5.78. The minimum atomic E-state index is 0.0877. The summed E-state index contributed by atoms with van der Waals surface area (Å²) >= 11 is 0. The fourth-order valence-electron chi connectivity index (χ4n) is 4.05. The lowest BCUT2D eigenvalue weighted by molar-refractivity contribution is -0.122. The van der Waals surface area contributed by atoms with Crippen LogP contribution in [-0.2, 0) is 4.79 Å². The maximum Gasteiger partial charge on any atom is 0.234 e. The number of carbonyl (C=O) groups excluding carboxylic acids is 1. The zero-order chi connectivity index (χ0) is 21.3. The number of nitrogens with zero attached hydrogens (tertiary/aromatic N) is 2. The number of nitrogens with one attached hydrogen (secondary N) is 1. The number of carbonyl (C=O) groups is 1. The fourth-order valence-corrected chi connectivity index (χ4v) is 4.05. The van der Waals surface area contributed by atoms with Crippen LogP contribution in [0.15, 0.2) is 48.5 Å². The third kappa shape index (κ3) is 5.66. The van der Waals surface area contributed by atoms with Gasteiger partial charge in [0.25, 0.3) is 0 Å². The number of benzene rings is 2. The van der Waals surface area contributed by atoms with Crippen LogP contribution >= 0.6 is 0 Å². The average molecular weight is 412 g/mol. The molecule has 30 heavy (non-hydrogen) atoms. The third-order valence-corrected chi connectivity index (χ3v) is 5.69. The second-order valence-corrected chi connectivity index (χ2v) is 7.70. The number of ether oxygens (including phenoxy) is 2. The molecule has 0 spiro atoms. The Bertz CT molecular complexity index is 813. The van der Waals surface area contributed by atoms with Crippen molar-refractivity contribution in [3.8, 4) is 11.5 Å². The fraction of sp³-hybridized carbons (Fsp3) is 0.458. The number of para-hydroxylation sites is 1. The Hall–Kier alpha value is -2.73. The number of amides is 1. The summed E-state index contributed by atoms with van der Waals surface area (Å²) in [6, 6.07) is 16.6. The Kier molecular flexibility index (Phi) is 7.97. The zero-order valence-electron chi connectivity index (χ0n) is 18.3. The van der Waals surface area contributed by atoms with Crippen LogP contribution in [0.3, 0.4) is 0 Å². The Labute approximate surface area is 179 Å². The van der Waals surface area contributed by atoms with Crippen molar-refractivity contribution in [2.75, 3.05) is 52.3 Å². The number of hydrogen-bond acceptors (Lipinski definition) is 5. The van der Waals surface area contributed by atoms with Crippen molar-refractivity contribution in [3.05, 3.63) is 54.1 Å². The average Bonchev–Trinajstić information content (AvgIpc) is 3.24. The quantitative estimate of drug-likeness (QED) is 0.607. The molecule has 1 amide bonds. The molecule has 0 bridgehead atoms. The van der Waals surface area contributed by atoms with Crippen LogP contribution in [0.25, 0.3) is 0 Å². The molecular formula is C24H33N3O3. The van der Waals surface area contributed by atoms with Crippen LogP contribution in [0.5, 0.6) is 11.5 Å². The molecule has 6 nitrogen and oxygen atoms in total. The SMILES string of the molecule is COc1ccc(C2CCCN2CC(=O)NCCCN(C)c2ccccc2)cc1OC. The summed E-state index contributed by atoms with van der Waals surface area (Å²) in [6.45, 7) is 2.95. The van der Waals surface area contributed by atoms with E-state index in [1.54, 1.807) is 14.2 Å². The van der Waals surface area contributed by atoms with Gasteiger partial charge in [0.15, 0.2) is 11.5 Å². The van der Waals surface area contributed by atoms with Gasteiger partial charge in [-0.15, -0.1) is 0 Å². The Morgan fingerprint density at radius 2 is 1.90 bits per heavy atom. The van der Waals surface area contributed by atoms with E-state index in [2.05, 4.69) is 40.4 Å². The minimum Gasteiger partial charge on any atom is -0.493 e. The summed E-state index contributed by atoms with van der Waals surface area (Å²) in [6.07, 6.45) is 3.05. The standard InChI is InChI=1S/C24H33N3O3/c1-26(20-9-5-4-6-10-20)15-8-14-25-24(28)18-27-16-7-11-21(27)19-12-13-22(29-2)23(17-19)30-3/h4-6,9-10,12-13,17,21H,7-8,11,14-16,18H2,1-3H3,(H,25,28). The molecule has 1 fully saturated rings. The van der Waals surface area contributed by atoms with Crippen LogP contribution in [0, 0.1) is 0 Å². The first-order valence-corrected chi connectivity index (χ1v) is 10.6. The molecule has 1 aliphatic rings. The summed E-state index contributed by atoms with van der Waals surface area (Å²) in [5.41, 5.74) is 2.36. The number of methoxy groups -OCH3 is 2. The highest BCUT2D eigenvalue weighted by Gasteiger charge is 2.28. The van der Waals surface area contributed by atoms with E-state index in [4.69, 9.17) is 9.47 Å². The molecule has 0 aromatic heterocycles. The third-order valence-electron chi connectivity index (χ3n) is 5.69. The van der Waals surface area contributed by atoms with E-state index in [9.17, 15) is 4.79 Å². The van der Waals surface area contributed by atoms with E-state index in [1.807, 2.05) is 30.3 Å². The maximum absolute atomic E-state index is 12.5. The van der Waals surface area contributed by atoms with Crippen LogP contribution in [-0.4, -0.2) is 58.3 Å². The van der Waals surface area contributed by atoms with Crippen LogP contribution in [0.2, 0.25) is 0 Å². The van der Waals surface area contributed by atoms with Gasteiger partial charge >= 0.3 is 0 Å². The predicted molar refractivity (Wildman–Crippen MR) is 120 cm³/mol. The van der Waals surface area contributed by atoms with Crippen molar-refractivity contribution in [1.29, 1.82) is 0 Å². The molecular weight excluding hydrogens is 378 g/mol. The van der Waals surface area contributed by atoms with E-state index in [0.29, 0.717) is 13.1 Å². The lowest BCUT2D eigenvalue weighted by atomic mass is 10.0. The second-order valence-electron chi connectivity index (χ2n) is 7.70. The molecule has 1 heterocycles. The molecule has 1 saturated heterocycles. The Balaban J connectivity index is 1.46. The van der Waals surface area contributed by atoms with Crippen molar-refractivity contribution in [2.45, 2.75) is 25.3 Å². The van der Waals surface area contributed by atoms with Gasteiger partial charge in [-0.3, -0.25) is 9.69 Å². The lowest BCUT2D eigenvalue weighted by Crippen LogP contribution is -2.38. The monoisotopic (exact) mass is 411 g/mol. The first-order valence-electron chi connectivity index (χ1n) is 10.6. The van der Waals surface area contributed by atoms with Gasteiger partial charge in [-0.1, -0.05) is 24.3 Å². The molecule has 3 rings (SSSR count). The van der Waals surface area contributed by atoms with Gasteiger partial charge in [-0.05, 0) is 55.6 Å². The minimum absolute atomic E-state index is 0.0877. The lowest BCUT2D eigenvalue weighted by Gasteiger charge is -2.25. The van der Waals surface area contributed by atoms with Crippen LogP contribution in [0.4, 0.5) is 5.69 Å². The van der Waals surface area contributed by atoms with Crippen molar-refractivity contribution < 1.29 is 14.3 Å². The maximum atomic E-state index is 12.5. The zero-order valence-corrected chi connectivity index (χ0v) is 18.3. The summed E-state index contributed by atoms with van der Waals surface area (Å²) in [4.78, 5) is 17.0. The van der Waals surface area contributed by atoms with Gasteiger partial charge in [-0.25, -0.2) is 0 Å². The normalized spacial score (nSPS) is 16.3. The van der Waals surface area contributed by atoms with Crippen molar-refractivity contribution in [2.24, 2.45) is 0 Å². The molecule has 6 heteroatoms. The van der Waals surface area contributed by atoms with Crippen molar-refractivity contribution >= 4 is 11.6 Å². The van der Waals surface area contributed by atoms with E-state index < -0.39 is 0 Å². The number of likely N-dealkylation sites (tertiary alicyclic amines) is 1. The van der Waals surface area contributed by atoms with Gasteiger partial charge in [0.1, 0.15) is 0 Å². The van der Waals surface area contributed by atoms with Gasteiger partial charge in [0.2, 0.25) is 5.91 Å². The van der Waals surface area contributed by atoms with Crippen LogP contribution in [0.1, 0.15) is 30.9 Å². The molecule has 0 aliphatic carbocycles. The van der Waals surface area contributed by atoms with E-state index in [1.165, 1.54) is 11.3 Å². The van der Waals surface area contributed by atoms with Crippen molar-refractivity contribution in [1.82, 2.24) is 10.2 Å². The first-order chi connectivity index (χ1) is 14.6. The summed E-state index contributed by atoms with van der Waals surface area (Å²) in [5, 5.41) is 3.08. The molecule has 162 valence electrons. The van der Waals surface area contributed by atoms with Crippen LogP contribution < -0.4 is 19.7 Å². The predicted octanol–water partition coefficient (Wildman–Crippen LogP) is 3.48. The Morgan fingerprint density at radius 3 is 2.63 bits per heavy atom. The topological polar surface area (TPSA) is 54.0 Å². The molecule has 1 atom stereocenters. The molecule has 0 saturated carbocycles. The molecule has 0 radical (unpaired) electrons.